The summed E-state index contributed by atoms with van der Waals surface area (Å²) in [7, 11) is 0. The molecule has 2 aromatic carbocycles. The summed E-state index contributed by atoms with van der Waals surface area (Å²) >= 11 is 12.1. The molecule has 0 saturated carbocycles. The van der Waals surface area contributed by atoms with Crippen LogP contribution in [0.1, 0.15) is 38.0 Å². The molecule has 32 heavy (non-hydrogen) atoms. The number of fused-ring (bicyclic) bond motifs is 2. The normalized spacial score (nSPS) is 14.6. The number of hydrogen-bond donors (Lipinski definition) is 2. The average molecular weight is 466 g/mol. The molecular formula is C24H17Cl2N3O3. The van der Waals surface area contributed by atoms with Crippen molar-refractivity contribution in [1.29, 1.82) is 0 Å². The van der Waals surface area contributed by atoms with Gasteiger partial charge in [0.1, 0.15) is 6.04 Å². The van der Waals surface area contributed by atoms with Crippen molar-refractivity contribution in [2.24, 2.45) is 0 Å². The summed E-state index contributed by atoms with van der Waals surface area (Å²) in [4.78, 5) is 25.9. The number of furan rings is 1. The van der Waals surface area contributed by atoms with Crippen LogP contribution in [0.3, 0.4) is 0 Å². The molecule has 0 fully saturated rings. The Bertz CT molecular complexity index is 1320. The van der Waals surface area contributed by atoms with Gasteiger partial charge in [-0.3, -0.25) is 9.59 Å². The van der Waals surface area contributed by atoms with E-state index in [0.29, 0.717) is 33.7 Å². The highest BCUT2D eigenvalue weighted by molar-refractivity contribution is 6.36. The quantitative estimate of drug-likeness (QED) is 0.360. The maximum atomic E-state index is 13.3. The van der Waals surface area contributed by atoms with Crippen LogP contribution in [0.25, 0.3) is 0 Å². The van der Waals surface area contributed by atoms with Crippen LogP contribution in [-0.2, 0) is 6.54 Å². The van der Waals surface area contributed by atoms with E-state index in [2.05, 4.69) is 10.6 Å². The Morgan fingerprint density at radius 2 is 1.88 bits per heavy atom. The van der Waals surface area contributed by atoms with Crippen LogP contribution in [0.4, 0.5) is 11.6 Å². The standard InChI is InChI=1S/C24H17Cl2N3O3/c25-16-5-8-19(26)18(12-16)23(31)27-17-6-3-14(4-7-17)22(30)21-20-2-1-10-29(20)13-15-9-11-32-24(15)28-21/h1-12,21,28H,13H2,(H,27,31). The highest BCUT2D eigenvalue weighted by Crippen LogP contribution is 2.32. The van der Waals surface area contributed by atoms with Gasteiger partial charge in [0.25, 0.3) is 5.91 Å². The summed E-state index contributed by atoms with van der Waals surface area (Å²) in [5.41, 5.74) is 3.15. The molecule has 1 amide bonds. The lowest BCUT2D eigenvalue weighted by atomic mass is 10.0. The largest absolute Gasteiger partial charge is 0.449 e. The van der Waals surface area contributed by atoms with E-state index in [0.717, 1.165) is 11.3 Å². The van der Waals surface area contributed by atoms with Crippen molar-refractivity contribution in [3.8, 4) is 0 Å². The first kappa shape index (κ1) is 20.4. The van der Waals surface area contributed by atoms with Crippen LogP contribution in [0.2, 0.25) is 10.0 Å². The number of hydrogen-bond acceptors (Lipinski definition) is 4. The van der Waals surface area contributed by atoms with E-state index < -0.39 is 6.04 Å². The average Bonchev–Trinajstić information content (AvgIpc) is 3.41. The number of aromatic nitrogens is 1. The molecule has 0 aliphatic carbocycles. The maximum Gasteiger partial charge on any atom is 0.257 e. The molecule has 4 aromatic rings. The Kier molecular flexibility index (Phi) is 5.25. The topological polar surface area (TPSA) is 76.3 Å². The van der Waals surface area contributed by atoms with Crippen molar-refractivity contribution >= 4 is 46.5 Å². The molecule has 0 spiro atoms. The molecule has 0 radical (unpaired) electrons. The Morgan fingerprint density at radius 1 is 1.06 bits per heavy atom. The second-order valence-corrected chi connectivity index (χ2v) is 8.28. The molecule has 6 nitrogen and oxygen atoms in total. The van der Waals surface area contributed by atoms with Gasteiger partial charge in [0.15, 0.2) is 11.7 Å². The highest BCUT2D eigenvalue weighted by Gasteiger charge is 2.29. The summed E-state index contributed by atoms with van der Waals surface area (Å²) in [6.45, 7) is 0.627. The molecular weight excluding hydrogens is 449 g/mol. The Labute approximate surface area is 193 Å². The Hall–Kier alpha value is -3.48. The second kappa shape index (κ2) is 8.22. The molecule has 1 aliphatic heterocycles. The summed E-state index contributed by atoms with van der Waals surface area (Å²) < 4.78 is 7.56. The molecule has 0 bridgehead atoms. The van der Waals surface area contributed by atoms with E-state index in [1.807, 2.05) is 29.0 Å². The van der Waals surface area contributed by atoms with Crippen molar-refractivity contribution in [2.75, 3.05) is 10.6 Å². The third-order valence-corrected chi connectivity index (χ3v) is 5.95. The fraction of sp³-hybridized carbons (Fsp3) is 0.0833. The number of benzene rings is 2. The lowest BCUT2D eigenvalue weighted by molar-refractivity contribution is 0.0965. The van der Waals surface area contributed by atoms with Crippen molar-refractivity contribution < 1.29 is 14.0 Å². The predicted octanol–water partition coefficient (Wildman–Crippen LogP) is 6.04. The minimum atomic E-state index is -0.594. The van der Waals surface area contributed by atoms with E-state index in [1.165, 1.54) is 6.07 Å². The Balaban J connectivity index is 1.37. The number of nitrogens with zero attached hydrogens (tertiary/aromatic N) is 1. The van der Waals surface area contributed by atoms with Crippen LogP contribution in [0.15, 0.2) is 77.5 Å². The van der Waals surface area contributed by atoms with E-state index >= 15 is 0 Å². The van der Waals surface area contributed by atoms with Crippen molar-refractivity contribution in [3.05, 3.63) is 106 Å². The summed E-state index contributed by atoms with van der Waals surface area (Å²) in [5.74, 6) is 0.101. The Morgan fingerprint density at radius 3 is 2.69 bits per heavy atom. The number of halogens is 2. The van der Waals surface area contributed by atoms with Gasteiger partial charge in [0.05, 0.1) is 23.4 Å². The molecule has 1 unspecified atom stereocenters. The van der Waals surface area contributed by atoms with Crippen molar-refractivity contribution in [2.45, 2.75) is 12.6 Å². The zero-order valence-electron chi connectivity index (χ0n) is 16.6. The number of amides is 1. The van der Waals surface area contributed by atoms with Gasteiger partial charge in [-0.25, -0.2) is 0 Å². The molecule has 5 rings (SSSR count). The van der Waals surface area contributed by atoms with Crippen LogP contribution in [0, 0.1) is 0 Å². The number of rotatable bonds is 4. The van der Waals surface area contributed by atoms with Crippen LogP contribution in [0.5, 0.6) is 0 Å². The fourth-order valence-corrected chi connectivity index (χ4v) is 4.14. The van der Waals surface area contributed by atoms with Crippen molar-refractivity contribution in [3.63, 3.8) is 0 Å². The van der Waals surface area contributed by atoms with E-state index in [-0.39, 0.29) is 17.3 Å². The molecule has 3 heterocycles. The first-order valence-corrected chi connectivity index (χ1v) is 10.6. The van der Waals surface area contributed by atoms with Gasteiger partial charge in [0.2, 0.25) is 0 Å². The molecule has 2 aromatic heterocycles. The summed E-state index contributed by atoms with van der Waals surface area (Å²) in [5, 5.41) is 6.72. The molecule has 160 valence electrons. The smallest absolute Gasteiger partial charge is 0.257 e. The second-order valence-electron chi connectivity index (χ2n) is 7.43. The monoisotopic (exact) mass is 465 g/mol. The van der Waals surface area contributed by atoms with E-state index in [4.69, 9.17) is 27.6 Å². The van der Waals surface area contributed by atoms with Gasteiger partial charge < -0.3 is 19.6 Å². The maximum absolute atomic E-state index is 13.3. The number of carbonyl (C=O) groups is 2. The minimum absolute atomic E-state index is 0.107. The molecule has 1 atom stereocenters. The summed E-state index contributed by atoms with van der Waals surface area (Å²) in [6, 6.07) is 16.5. The zero-order chi connectivity index (χ0) is 22.2. The van der Waals surface area contributed by atoms with Crippen LogP contribution in [-0.4, -0.2) is 16.3 Å². The van der Waals surface area contributed by atoms with Gasteiger partial charge in [0, 0.05) is 33.7 Å². The number of ketones is 1. The van der Waals surface area contributed by atoms with Gasteiger partial charge in [-0.1, -0.05) is 23.2 Å². The molecule has 2 N–H and O–H groups in total. The highest BCUT2D eigenvalue weighted by atomic mass is 35.5. The SMILES string of the molecule is O=C(Nc1ccc(C(=O)C2Nc3occc3Cn3cccc32)cc1)c1cc(Cl)ccc1Cl. The minimum Gasteiger partial charge on any atom is -0.449 e. The first-order chi connectivity index (χ1) is 15.5. The fourth-order valence-electron chi connectivity index (χ4n) is 3.76. The third kappa shape index (κ3) is 3.79. The van der Waals surface area contributed by atoms with E-state index in [1.54, 1.807) is 42.7 Å². The lowest BCUT2D eigenvalue weighted by Gasteiger charge is -2.17. The van der Waals surface area contributed by atoms with Gasteiger partial charge in [-0.2, -0.15) is 0 Å². The zero-order valence-corrected chi connectivity index (χ0v) is 18.2. The molecule has 8 heteroatoms. The van der Waals surface area contributed by atoms with Crippen LogP contribution >= 0.6 is 23.2 Å². The number of nitrogens with one attached hydrogen (secondary N) is 2. The third-order valence-electron chi connectivity index (χ3n) is 5.39. The van der Waals surface area contributed by atoms with Crippen molar-refractivity contribution in [1.82, 2.24) is 4.57 Å². The van der Waals surface area contributed by atoms with Crippen LogP contribution < -0.4 is 10.6 Å². The predicted molar refractivity (Wildman–Crippen MR) is 124 cm³/mol. The van der Waals surface area contributed by atoms with Gasteiger partial charge >= 0.3 is 0 Å². The van der Waals surface area contributed by atoms with Gasteiger partial charge in [-0.15, -0.1) is 0 Å². The van der Waals surface area contributed by atoms with E-state index in [9.17, 15) is 9.59 Å². The molecule has 0 saturated heterocycles. The summed E-state index contributed by atoms with van der Waals surface area (Å²) in [6.07, 6.45) is 3.55. The lowest BCUT2D eigenvalue weighted by Crippen LogP contribution is -2.22. The first-order valence-electron chi connectivity index (χ1n) is 9.88. The number of carbonyl (C=O) groups excluding carboxylic acids is 2. The van der Waals surface area contributed by atoms with Gasteiger partial charge in [-0.05, 0) is 60.7 Å². The number of anilines is 2. The molecule has 1 aliphatic rings. The number of Topliss-reactive ketones (excluding diaryl/α,β-unsaturated/α-hetero) is 1.